The average molecular weight is 144 g/mol. The molecule has 4 heteroatoms. The molecule has 1 atom stereocenters. The monoisotopic (exact) mass is 144 g/mol. The van der Waals surface area contributed by atoms with Gasteiger partial charge in [0, 0.05) is 6.54 Å². The number of hydrogen-bond acceptors (Lipinski definition) is 3. The van der Waals surface area contributed by atoms with Crippen LogP contribution < -0.4 is 0 Å². The summed E-state index contributed by atoms with van der Waals surface area (Å²) in [5.74, 6) is 0. The smallest absolute Gasteiger partial charge is 0.148 e. The van der Waals surface area contributed by atoms with Gasteiger partial charge in [0.2, 0.25) is 0 Å². The highest BCUT2D eigenvalue weighted by atomic mass is 16.5. The van der Waals surface area contributed by atoms with Crippen LogP contribution in [0, 0.1) is 4.91 Å². The molecule has 0 amide bonds. The fourth-order valence-corrected chi connectivity index (χ4v) is 1.10. The molecule has 0 bridgehead atoms. The van der Waals surface area contributed by atoms with Gasteiger partial charge in [-0.3, -0.25) is 0 Å². The van der Waals surface area contributed by atoms with Crippen molar-refractivity contribution in [3.05, 3.63) is 4.91 Å². The van der Waals surface area contributed by atoms with Gasteiger partial charge in [-0.15, -0.1) is 4.91 Å². The minimum absolute atomic E-state index is 0.0775. The molecular formula is C6H12N2O2. The predicted molar refractivity (Wildman–Crippen MR) is 37.1 cm³/mol. The first-order valence-corrected chi connectivity index (χ1v) is 3.60. The van der Waals surface area contributed by atoms with Crippen LogP contribution >= 0.6 is 0 Å². The summed E-state index contributed by atoms with van der Waals surface area (Å²) in [5.41, 5.74) is 0. The maximum absolute atomic E-state index is 10.1. The Labute approximate surface area is 60.1 Å². The summed E-state index contributed by atoms with van der Waals surface area (Å²) in [4.78, 5) is 10.1. The average Bonchev–Trinajstić information content (AvgIpc) is 2.04. The summed E-state index contributed by atoms with van der Waals surface area (Å²) in [6.45, 7) is 3.47. The van der Waals surface area contributed by atoms with Crippen LogP contribution in [0.25, 0.3) is 0 Å². The van der Waals surface area contributed by atoms with Gasteiger partial charge >= 0.3 is 0 Å². The molecule has 0 saturated carbocycles. The van der Waals surface area contributed by atoms with E-state index in [0.717, 1.165) is 26.0 Å². The van der Waals surface area contributed by atoms with E-state index in [1.54, 1.807) is 0 Å². The van der Waals surface area contributed by atoms with Gasteiger partial charge in [0.15, 0.2) is 0 Å². The number of nitroso groups, excluding NO2 is 1. The highest BCUT2D eigenvalue weighted by Crippen LogP contribution is 2.12. The lowest BCUT2D eigenvalue weighted by atomic mass is 10.3. The summed E-state index contributed by atoms with van der Waals surface area (Å²) in [6, 6.07) is 0. The molecule has 1 unspecified atom stereocenters. The van der Waals surface area contributed by atoms with Crippen molar-refractivity contribution < 1.29 is 4.74 Å². The Balaban J connectivity index is 2.41. The lowest BCUT2D eigenvalue weighted by molar-refractivity contribution is -0.0965. The van der Waals surface area contributed by atoms with E-state index in [-0.39, 0.29) is 6.23 Å². The van der Waals surface area contributed by atoms with Gasteiger partial charge in [0.1, 0.15) is 6.23 Å². The second kappa shape index (κ2) is 3.51. The highest BCUT2D eigenvalue weighted by molar-refractivity contribution is 4.62. The van der Waals surface area contributed by atoms with Gasteiger partial charge < -0.3 is 4.74 Å². The molecule has 1 heterocycles. The van der Waals surface area contributed by atoms with Crippen molar-refractivity contribution in [2.75, 3.05) is 13.2 Å². The van der Waals surface area contributed by atoms with Gasteiger partial charge in [-0.2, -0.15) is 0 Å². The van der Waals surface area contributed by atoms with E-state index >= 15 is 0 Å². The van der Waals surface area contributed by atoms with Gasteiger partial charge in [-0.25, -0.2) is 5.01 Å². The van der Waals surface area contributed by atoms with Crippen LogP contribution in [0.2, 0.25) is 0 Å². The van der Waals surface area contributed by atoms with Gasteiger partial charge in [0.25, 0.3) is 0 Å². The Morgan fingerprint density at radius 2 is 2.60 bits per heavy atom. The Morgan fingerprint density at radius 3 is 3.10 bits per heavy atom. The summed E-state index contributed by atoms with van der Waals surface area (Å²) in [7, 11) is 0. The zero-order chi connectivity index (χ0) is 7.40. The van der Waals surface area contributed by atoms with Crippen LogP contribution in [-0.2, 0) is 4.74 Å². The Morgan fingerprint density at radius 1 is 1.80 bits per heavy atom. The van der Waals surface area contributed by atoms with Crippen molar-refractivity contribution in [1.29, 1.82) is 0 Å². The molecule has 0 N–H and O–H groups in total. The van der Waals surface area contributed by atoms with Crippen molar-refractivity contribution in [1.82, 2.24) is 5.01 Å². The first-order valence-electron chi connectivity index (χ1n) is 3.60. The molecule has 0 aromatic heterocycles. The van der Waals surface area contributed by atoms with Crippen LogP contribution in [0.15, 0.2) is 5.29 Å². The number of rotatable bonds is 2. The maximum atomic E-state index is 10.1. The molecule has 0 spiro atoms. The third kappa shape index (κ3) is 1.44. The topological polar surface area (TPSA) is 41.9 Å². The molecular weight excluding hydrogens is 132 g/mol. The van der Waals surface area contributed by atoms with Crippen LogP contribution in [0.1, 0.15) is 19.8 Å². The van der Waals surface area contributed by atoms with Crippen LogP contribution in [-0.4, -0.2) is 24.4 Å². The fourth-order valence-electron chi connectivity index (χ4n) is 1.10. The van der Waals surface area contributed by atoms with Gasteiger partial charge in [-0.05, 0) is 12.8 Å². The Hall–Kier alpha value is -0.640. The maximum Gasteiger partial charge on any atom is 0.148 e. The van der Waals surface area contributed by atoms with Crippen molar-refractivity contribution in [3.8, 4) is 0 Å². The second-order valence-electron chi connectivity index (χ2n) is 2.33. The first-order chi connectivity index (χ1) is 4.88. The first kappa shape index (κ1) is 7.47. The molecule has 1 aliphatic heterocycles. The molecule has 0 aromatic carbocycles. The quantitative estimate of drug-likeness (QED) is 0.545. The zero-order valence-corrected chi connectivity index (χ0v) is 6.12. The second-order valence-corrected chi connectivity index (χ2v) is 2.33. The molecule has 10 heavy (non-hydrogen) atoms. The van der Waals surface area contributed by atoms with E-state index in [2.05, 4.69) is 5.29 Å². The van der Waals surface area contributed by atoms with Crippen molar-refractivity contribution in [3.63, 3.8) is 0 Å². The van der Waals surface area contributed by atoms with Crippen molar-refractivity contribution in [2.24, 2.45) is 5.29 Å². The third-order valence-corrected chi connectivity index (χ3v) is 1.63. The molecule has 1 saturated heterocycles. The normalized spacial score (nSPS) is 26.5. The minimum Gasteiger partial charge on any atom is -0.357 e. The molecule has 1 fully saturated rings. The molecule has 0 aromatic rings. The van der Waals surface area contributed by atoms with E-state index in [1.807, 2.05) is 6.92 Å². The van der Waals surface area contributed by atoms with E-state index in [4.69, 9.17) is 4.74 Å². The van der Waals surface area contributed by atoms with E-state index in [9.17, 15) is 4.91 Å². The largest absolute Gasteiger partial charge is 0.357 e. The summed E-state index contributed by atoms with van der Waals surface area (Å²) in [5, 5.41) is 4.32. The SMILES string of the molecule is CCC1OCCCN1N=O. The number of nitrogens with zero attached hydrogens (tertiary/aromatic N) is 2. The molecule has 0 aliphatic carbocycles. The van der Waals surface area contributed by atoms with E-state index in [1.165, 1.54) is 5.01 Å². The van der Waals surface area contributed by atoms with Crippen LogP contribution in [0.4, 0.5) is 0 Å². The predicted octanol–water partition coefficient (Wildman–Crippen LogP) is 1.13. The van der Waals surface area contributed by atoms with Crippen LogP contribution in [0.5, 0.6) is 0 Å². The summed E-state index contributed by atoms with van der Waals surface area (Å²) < 4.78 is 5.26. The summed E-state index contributed by atoms with van der Waals surface area (Å²) >= 11 is 0. The minimum atomic E-state index is -0.0775. The number of hydrogen-bond donors (Lipinski definition) is 0. The lowest BCUT2D eigenvalue weighted by Gasteiger charge is -2.29. The van der Waals surface area contributed by atoms with Crippen molar-refractivity contribution >= 4 is 0 Å². The molecule has 58 valence electrons. The zero-order valence-electron chi connectivity index (χ0n) is 6.12. The highest BCUT2D eigenvalue weighted by Gasteiger charge is 2.20. The van der Waals surface area contributed by atoms with Crippen molar-refractivity contribution in [2.45, 2.75) is 26.0 Å². The summed E-state index contributed by atoms with van der Waals surface area (Å²) in [6.07, 6.45) is 1.65. The standard InChI is InChI=1S/C6H12N2O2/c1-2-6-8(7-9)4-3-5-10-6/h6H,2-5H2,1H3. The number of ether oxygens (including phenoxy) is 1. The van der Waals surface area contributed by atoms with E-state index < -0.39 is 0 Å². The van der Waals surface area contributed by atoms with E-state index in [0.29, 0.717) is 0 Å². The van der Waals surface area contributed by atoms with Gasteiger partial charge in [0.05, 0.1) is 11.9 Å². The third-order valence-electron chi connectivity index (χ3n) is 1.63. The Kier molecular flexibility index (Phi) is 2.62. The molecule has 1 rings (SSSR count). The van der Waals surface area contributed by atoms with Crippen LogP contribution in [0.3, 0.4) is 0 Å². The molecule has 1 aliphatic rings. The Bertz CT molecular complexity index is 118. The molecule has 0 radical (unpaired) electrons. The lowest BCUT2D eigenvalue weighted by Crippen LogP contribution is -2.38. The van der Waals surface area contributed by atoms with Gasteiger partial charge in [-0.1, -0.05) is 6.92 Å². The fraction of sp³-hybridized carbons (Fsp3) is 1.00. The molecule has 4 nitrogen and oxygen atoms in total.